The topological polar surface area (TPSA) is 114 Å². The zero-order valence-corrected chi connectivity index (χ0v) is 24.5. The highest BCUT2D eigenvalue weighted by Gasteiger charge is 2.25. The molecular formula is C31H30Cl2N4O5. The summed E-state index contributed by atoms with van der Waals surface area (Å²) in [5.41, 5.74) is 1.61. The molecule has 1 fully saturated rings. The zero-order chi connectivity index (χ0) is 29.8. The van der Waals surface area contributed by atoms with Crippen molar-refractivity contribution in [1.82, 2.24) is 19.8 Å². The van der Waals surface area contributed by atoms with Crippen molar-refractivity contribution in [2.24, 2.45) is 0 Å². The third-order valence-electron chi connectivity index (χ3n) is 7.31. The molecule has 0 spiro atoms. The van der Waals surface area contributed by atoms with Gasteiger partial charge in [-0.25, -0.2) is 14.2 Å². The molecule has 2 N–H and O–H groups in total. The molecule has 0 radical (unpaired) electrons. The van der Waals surface area contributed by atoms with Crippen LogP contribution in [0.5, 0.6) is 0 Å². The van der Waals surface area contributed by atoms with E-state index in [0.717, 1.165) is 36.1 Å². The lowest BCUT2D eigenvalue weighted by atomic mass is 10.0. The van der Waals surface area contributed by atoms with Crippen LogP contribution in [0.25, 0.3) is 16.6 Å². The number of rotatable bonds is 9. The zero-order valence-electron chi connectivity index (χ0n) is 23.0. The highest BCUT2D eigenvalue weighted by atomic mass is 35.5. The molecule has 0 unspecified atom stereocenters. The van der Waals surface area contributed by atoms with Crippen LogP contribution in [0.1, 0.15) is 41.3 Å². The number of hydrogen-bond donors (Lipinski definition) is 2. The monoisotopic (exact) mass is 608 g/mol. The second-order valence-corrected chi connectivity index (χ2v) is 11.0. The Bertz CT molecular complexity index is 1720. The van der Waals surface area contributed by atoms with Gasteiger partial charge in [-0.05, 0) is 74.3 Å². The van der Waals surface area contributed by atoms with Gasteiger partial charge in [0.15, 0.2) is 0 Å². The summed E-state index contributed by atoms with van der Waals surface area (Å²) in [7, 11) is 0. The quantitative estimate of drug-likeness (QED) is 0.271. The molecule has 9 nitrogen and oxygen atoms in total. The van der Waals surface area contributed by atoms with Gasteiger partial charge in [-0.1, -0.05) is 53.5 Å². The van der Waals surface area contributed by atoms with Crippen molar-refractivity contribution in [2.45, 2.75) is 38.8 Å². The minimum absolute atomic E-state index is 0.0592. The summed E-state index contributed by atoms with van der Waals surface area (Å²) in [6, 6.07) is 15.8. The number of aromatic nitrogens is 2. The van der Waals surface area contributed by atoms with Crippen LogP contribution in [0.2, 0.25) is 10.0 Å². The van der Waals surface area contributed by atoms with Gasteiger partial charge in [0.25, 0.3) is 11.5 Å². The molecule has 1 atom stereocenters. The number of esters is 1. The maximum Gasteiger partial charge on any atom is 0.333 e. The number of fused-ring (bicyclic) bond motifs is 1. The number of amides is 1. The molecule has 11 heteroatoms. The van der Waals surface area contributed by atoms with Gasteiger partial charge >= 0.3 is 11.7 Å². The van der Waals surface area contributed by atoms with Gasteiger partial charge in [-0.2, -0.15) is 0 Å². The van der Waals surface area contributed by atoms with Crippen molar-refractivity contribution in [3.63, 3.8) is 0 Å². The molecule has 1 aromatic heterocycles. The fourth-order valence-electron chi connectivity index (χ4n) is 5.25. The Balaban J connectivity index is 1.40. The number of halogens is 2. The van der Waals surface area contributed by atoms with Crippen LogP contribution < -0.4 is 16.6 Å². The van der Waals surface area contributed by atoms with E-state index in [1.54, 1.807) is 43.3 Å². The summed E-state index contributed by atoms with van der Waals surface area (Å²) in [4.78, 5) is 57.5. The lowest BCUT2D eigenvalue weighted by Crippen LogP contribution is -2.43. The number of likely N-dealkylation sites (tertiary alicyclic amines) is 1. The third kappa shape index (κ3) is 6.28. The Kier molecular flexibility index (Phi) is 9.11. The van der Waals surface area contributed by atoms with E-state index in [4.69, 9.17) is 27.9 Å². The average Bonchev–Trinajstić information content (AvgIpc) is 3.47. The minimum Gasteiger partial charge on any atom is -0.464 e. The van der Waals surface area contributed by atoms with Gasteiger partial charge in [0.1, 0.15) is 6.04 Å². The second-order valence-electron chi connectivity index (χ2n) is 10.1. The summed E-state index contributed by atoms with van der Waals surface area (Å²) in [5, 5.41) is 3.40. The molecule has 0 saturated carbocycles. The maximum absolute atomic E-state index is 13.5. The SMILES string of the molecule is CCOC(=O)[C@H](Cc1ccc(-n2c(=O)[nH]c3c(CN4CCCC4)cccc3c2=O)cc1)NC(=O)c1c(Cl)cccc1Cl. The summed E-state index contributed by atoms with van der Waals surface area (Å²) >= 11 is 12.3. The number of para-hydroxylation sites is 1. The number of carbonyl (C=O) groups is 2. The van der Waals surface area contributed by atoms with E-state index >= 15 is 0 Å². The number of nitrogens with zero attached hydrogens (tertiary/aromatic N) is 2. The molecule has 42 heavy (non-hydrogen) atoms. The molecule has 1 aliphatic rings. The Labute approximate surface area is 252 Å². The first-order valence-corrected chi connectivity index (χ1v) is 14.5. The number of aromatic amines is 1. The Morgan fingerprint density at radius 2 is 1.64 bits per heavy atom. The Morgan fingerprint density at radius 1 is 0.976 bits per heavy atom. The molecule has 4 aromatic rings. The molecular weight excluding hydrogens is 579 g/mol. The first-order chi connectivity index (χ1) is 20.3. The largest absolute Gasteiger partial charge is 0.464 e. The van der Waals surface area contributed by atoms with E-state index in [2.05, 4.69) is 15.2 Å². The fourth-order valence-corrected chi connectivity index (χ4v) is 5.82. The standard InChI is InChI=1S/C31H30Cl2N4O5/c1-2-42-30(40)25(34-28(38)26-23(32)9-6-10-24(26)33)17-19-11-13-21(14-12-19)37-29(39)22-8-5-7-20(27(22)35-31(37)41)18-36-15-3-4-16-36/h5-14,25H,2-4,15-18H2,1H3,(H,34,38)(H,35,41)/t25-/m0/s1. The van der Waals surface area contributed by atoms with E-state index in [1.165, 1.54) is 12.1 Å². The predicted octanol–water partition coefficient (Wildman–Crippen LogP) is 4.49. The summed E-state index contributed by atoms with van der Waals surface area (Å²) in [5.74, 6) is -1.23. The smallest absolute Gasteiger partial charge is 0.333 e. The van der Waals surface area contributed by atoms with Crippen LogP contribution in [0.4, 0.5) is 0 Å². The maximum atomic E-state index is 13.5. The van der Waals surface area contributed by atoms with Crippen LogP contribution in [0.3, 0.4) is 0 Å². The van der Waals surface area contributed by atoms with E-state index in [-0.39, 0.29) is 28.6 Å². The lowest BCUT2D eigenvalue weighted by Gasteiger charge is -2.18. The van der Waals surface area contributed by atoms with Crippen LogP contribution in [0, 0.1) is 0 Å². The minimum atomic E-state index is -1.03. The number of carbonyl (C=O) groups excluding carboxylic acids is 2. The Hall–Kier alpha value is -3.92. The molecule has 1 amide bonds. The first kappa shape index (κ1) is 29.6. The van der Waals surface area contributed by atoms with E-state index < -0.39 is 29.2 Å². The van der Waals surface area contributed by atoms with Gasteiger partial charge in [-0.3, -0.25) is 14.5 Å². The van der Waals surface area contributed by atoms with Crippen molar-refractivity contribution in [2.75, 3.05) is 19.7 Å². The lowest BCUT2D eigenvalue weighted by molar-refractivity contribution is -0.145. The molecule has 0 bridgehead atoms. The molecule has 218 valence electrons. The van der Waals surface area contributed by atoms with E-state index in [9.17, 15) is 19.2 Å². The van der Waals surface area contributed by atoms with Crippen molar-refractivity contribution in [1.29, 1.82) is 0 Å². The summed E-state index contributed by atoms with van der Waals surface area (Å²) in [6.45, 7) is 4.47. The van der Waals surface area contributed by atoms with Crippen molar-refractivity contribution < 1.29 is 14.3 Å². The van der Waals surface area contributed by atoms with Gasteiger partial charge in [0, 0.05) is 13.0 Å². The van der Waals surface area contributed by atoms with E-state index in [0.29, 0.717) is 28.7 Å². The van der Waals surface area contributed by atoms with Crippen molar-refractivity contribution in [3.8, 4) is 5.69 Å². The second kappa shape index (κ2) is 12.9. The molecule has 1 saturated heterocycles. The third-order valence-corrected chi connectivity index (χ3v) is 7.94. The average molecular weight is 610 g/mol. The van der Waals surface area contributed by atoms with Crippen LogP contribution in [-0.4, -0.2) is 52.1 Å². The normalized spacial score (nSPS) is 14.2. The van der Waals surface area contributed by atoms with Gasteiger partial charge in [0.2, 0.25) is 0 Å². The van der Waals surface area contributed by atoms with Gasteiger partial charge in [-0.15, -0.1) is 0 Å². The number of ether oxygens (including phenoxy) is 1. The number of hydrogen-bond acceptors (Lipinski definition) is 6. The molecule has 5 rings (SSSR count). The summed E-state index contributed by atoms with van der Waals surface area (Å²) < 4.78 is 6.27. The Morgan fingerprint density at radius 3 is 2.31 bits per heavy atom. The van der Waals surface area contributed by atoms with Crippen LogP contribution in [-0.2, 0) is 22.5 Å². The van der Waals surface area contributed by atoms with Gasteiger partial charge < -0.3 is 15.0 Å². The van der Waals surface area contributed by atoms with Crippen LogP contribution in [0.15, 0.2) is 70.3 Å². The predicted molar refractivity (Wildman–Crippen MR) is 163 cm³/mol. The van der Waals surface area contributed by atoms with Crippen molar-refractivity contribution >= 4 is 46.0 Å². The molecule has 0 aliphatic carbocycles. The van der Waals surface area contributed by atoms with E-state index in [1.807, 2.05) is 12.1 Å². The highest BCUT2D eigenvalue weighted by Crippen LogP contribution is 2.24. The fraction of sp³-hybridized carbons (Fsp3) is 0.290. The van der Waals surface area contributed by atoms with Crippen molar-refractivity contribution in [3.05, 3.63) is 108 Å². The molecule has 2 heterocycles. The number of H-pyrrole nitrogens is 1. The van der Waals surface area contributed by atoms with Crippen LogP contribution >= 0.6 is 23.2 Å². The first-order valence-electron chi connectivity index (χ1n) is 13.8. The van der Waals surface area contributed by atoms with Gasteiger partial charge in [0.05, 0.1) is 38.8 Å². The summed E-state index contributed by atoms with van der Waals surface area (Å²) in [6.07, 6.45) is 2.38. The molecule has 1 aliphatic heterocycles. The molecule has 3 aromatic carbocycles. The number of nitrogens with one attached hydrogen (secondary N) is 2. The highest BCUT2D eigenvalue weighted by molar-refractivity contribution is 6.39. The number of benzene rings is 3.